The Balaban J connectivity index is 2.37. The topological polar surface area (TPSA) is 88.2 Å². The number of rotatable bonds is 3. The molecule has 0 aliphatic rings. The smallest absolute Gasteiger partial charge is 0.337 e. The molecule has 82 valence electrons. The molecule has 0 aliphatic carbocycles. The Morgan fingerprint density at radius 3 is 2.62 bits per heavy atom. The average Bonchev–Trinajstić information content (AvgIpc) is 2.81. The zero-order valence-corrected chi connectivity index (χ0v) is 8.19. The fourth-order valence-corrected chi connectivity index (χ4v) is 1.31. The van der Waals surface area contributed by atoms with Crippen LogP contribution in [0.15, 0.2) is 36.7 Å². The van der Waals surface area contributed by atoms with E-state index >= 15 is 0 Å². The van der Waals surface area contributed by atoms with Crippen molar-refractivity contribution in [3.63, 3.8) is 0 Å². The molecule has 0 saturated carbocycles. The van der Waals surface area contributed by atoms with Crippen LogP contribution in [0.1, 0.15) is 11.7 Å². The Morgan fingerprint density at radius 2 is 2.00 bits per heavy atom. The van der Waals surface area contributed by atoms with Gasteiger partial charge in [-0.3, -0.25) is 0 Å². The van der Waals surface area contributed by atoms with Crippen molar-refractivity contribution in [3.05, 3.63) is 42.2 Å². The summed E-state index contributed by atoms with van der Waals surface area (Å²) in [7, 11) is 0. The summed E-state index contributed by atoms with van der Waals surface area (Å²) in [6, 6.07) is 6.42. The lowest BCUT2D eigenvalue weighted by molar-refractivity contribution is -0.146. The van der Waals surface area contributed by atoms with Crippen LogP contribution in [-0.2, 0) is 4.79 Å². The number of hydrogen-bond acceptors (Lipinski definition) is 4. The summed E-state index contributed by atoms with van der Waals surface area (Å²) in [5, 5.41) is 25.9. The van der Waals surface area contributed by atoms with Crippen molar-refractivity contribution < 1.29 is 15.0 Å². The third-order valence-corrected chi connectivity index (χ3v) is 2.07. The van der Waals surface area contributed by atoms with Gasteiger partial charge >= 0.3 is 5.97 Å². The fraction of sp³-hybridized carbons (Fsp3) is 0.100. The first-order chi connectivity index (χ1) is 7.68. The highest BCUT2D eigenvalue weighted by Crippen LogP contribution is 2.16. The number of carboxylic acid groups (broad SMARTS) is 1. The fourth-order valence-electron chi connectivity index (χ4n) is 1.31. The van der Waals surface area contributed by atoms with Crippen molar-refractivity contribution in [3.8, 4) is 5.69 Å². The Bertz CT molecular complexity index is 496. The molecule has 2 aromatic rings. The summed E-state index contributed by atoms with van der Waals surface area (Å²) in [6.45, 7) is 0. The minimum absolute atomic E-state index is 0.294. The summed E-state index contributed by atoms with van der Waals surface area (Å²) >= 11 is 0. The third kappa shape index (κ3) is 1.91. The van der Waals surface area contributed by atoms with Gasteiger partial charge in [0.05, 0.1) is 18.1 Å². The van der Waals surface area contributed by atoms with Crippen molar-refractivity contribution >= 4 is 5.97 Å². The standard InChI is InChI=1S/C10H9N3O3/c14-9(10(15)16)7-2-1-3-8(6-7)13-11-4-5-12-13/h1-6,9,14H,(H,15,16). The van der Waals surface area contributed by atoms with Crippen LogP contribution < -0.4 is 0 Å². The molecule has 1 unspecified atom stereocenters. The van der Waals surface area contributed by atoms with Gasteiger partial charge in [-0.2, -0.15) is 15.0 Å². The molecule has 0 fully saturated rings. The Labute approximate surface area is 90.8 Å². The number of aliphatic hydroxyl groups excluding tert-OH is 1. The van der Waals surface area contributed by atoms with E-state index in [0.29, 0.717) is 11.3 Å². The van der Waals surface area contributed by atoms with E-state index in [1.165, 1.54) is 29.3 Å². The predicted molar refractivity (Wildman–Crippen MR) is 54.0 cm³/mol. The van der Waals surface area contributed by atoms with Gasteiger partial charge in [-0.25, -0.2) is 4.79 Å². The summed E-state index contributed by atoms with van der Waals surface area (Å²) in [5.74, 6) is -1.29. The molecule has 0 radical (unpaired) electrons. The molecule has 0 amide bonds. The van der Waals surface area contributed by atoms with Gasteiger partial charge in [-0.1, -0.05) is 12.1 Å². The molecule has 6 heteroatoms. The molecular weight excluding hydrogens is 210 g/mol. The van der Waals surface area contributed by atoms with E-state index in [0.717, 1.165) is 0 Å². The zero-order valence-electron chi connectivity index (χ0n) is 8.19. The van der Waals surface area contributed by atoms with Gasteiger partial charge in [0.1, 0.15) is 0 Å². The highest BCUT2D eigenvalue weighted by Gasteiger charge is 2.16. The molecule has 1 atom stereocenters. The minimum Gasteiger partial charge on any atom is -0.479 e. The van der Waals surface area contributed by atoms with Gasteiger partial charge in [-0.05, 0) is 17.7 Å². The second-order valence-corrected chi connectivity index (χ2v) is 3.15. The Morgan fingerprint density at radius 1 is 1.31 bits per heavy atom. The second kappa shape index (κ2) is 4.11. The predicted octanol–water partition coefficient (Wildman–Crippen LogP) is 0.385. The monoisotopic (exact) mass is 219 g/mol. The van der Waals surface area contributed by atoms with Crippen LogP contribution in [-0.4, -0.2) is 31.2 Å². The molecule has 0 spiro atoms. The van der Waals surface area contributed by atoms with Crippen LogP contribution in [0.25, 0.3) is 5.69 Å². The molecule has 6 nitrogen and oxygen atoms in total. The van der Waals surface area contributed by atoms with Crippen molar-refractivity contribution in [2.45, 2.75) is 6.10 Å². The molecule has 0 aliphatic heterocycles. The van der Waals surface area contributed by atoms with Crippen LogP contribution in [0.2, 0.25) is 0 Å². The largest absolute Gasteiger partial charge is 0.479 e. The first-order valence-electron chi connectivity index (χ1n) is 4.56. The Hall–Kier alpha value is -2.21. The van der Waals surface area contributed by atoms with E-state index in [9.17, 15) is 9.90 Å². The molecule has 16 heavy (non-hydrogen) atoms. The summed E-state index contributed by atoms with van der Waals surface area (Å²) in [4.78, 5) is 12.0. The lowest BCUT2D eigenvalue weighted by Crippen LogP contribution is -2.11. The zero-order chi connectivity index (χ0) is 11.5. The molecule has 1 aromatic carbocycles. The number of aliphatic carboxylic acids is 1. The maximum Gasteiger partial charge on any atom is 0.337 e. The number of carboxylic acids is 1. The molecule has 1 aromatic heterocycles. The van der Waals surface area contributed by atoms with Crippen LogP contribution in [0.5, 0.6) is 0 Å². The van der Waals surface area contributed by atoms with E-state index < -0.39 is 12.1 Å². The van der Waals surface area contributed by atoms with Crippen molar-refractivity contribution in [1.29, 1.82) is 0 Å². The van der Waals surface area contributed by atoms with Crippen LogP contribution in [0.3, 0.4) is 0 Å². The summed E-state index contributed by atoms with van der Waals surface area (Å²) in [6.07, 6.45) is 1.50. The maximum atomic E-state index is 10.6. The van der Waals surface area contributed by atoms with E-state index in [1.807, 2.05) is 0 Å². The average molecular weight is 219 g/mol. The van der Waals surface area contributed by atoms with E-state index in [4.69, 9.17) is 5.11 Å². The molecule has 2 N–H and O–H groups in total. The normalized spacial score (nSPS) is 12.3. The van der Waals surface area contributed by atoms with E-state index in [1.54, 1.807) is 12.1 Å². The third-order valence-electron chi connectivity index (χ3n) is 2.07. The van der Waals surface area contributed by atoms with E-state index in [2.05, 4.69) is 10.2 Å². The lowest BCUT2D eigenvalue weighted by atomic mass is 10.1. The Kier molecular flexibility index (Phi) is 2.65. The number of carbonyl (C=O) groups is 1. The number of hydrogen-bond donors (Lipinski definition) is 2. The van der Waals surface area contributed by atoms with Crippen LogP contribution in [0.4, 0.5) is 0 Å². The van der Waals surface area contributed by atoms with Crippen molar-refractivity contribution in [1.82, 2.24) is 15.0 Å². The number of benzene rings is 1. The number of nitrogens with zero attached hydrogens (tertiary/aromatic N) is 3. The SMILES string of the molecule is O=C(O)C(O)c1cccc(-n2nccn2)c1. The lowest BCUT2D eigenvalue weighted by Gasteiger charge is -2.07. The van der Waals surface area contributed by atoms with Crippen molar-refractivity contribution in [2.75, 3.05) is 0 Å². The van der Waals surface area contributed by atoms with Gasteiger partial charge < -0.3 is 10.2 Å². The van der Waals surface area contributed by atoms with Crippen molar-refractivity contribution in [2.24, 2.45) is 0 Å². The second-order valence-electron chi connectivity index (χ2n) is 3.15. The molecular formula is C10H9N3O3. The molecule has 0 bridgehead atoms. The summed E-state index contributed by atoms with van der Waals surface area (Å²) < 4.78 is 0. The number of aromatic nitrogens is 3. The van der Waals surface area contributed by atoms with Gasteiger partial charge in [0.25, 0.3) is 0 Å². The van der Waals surface area contributed by atoms with Gasteiger partial charge in [0.2, 0.25) is 0 Å². The van der Waals surface area contributed by atoms with Gasteiger partial charge in [-0.15, -0.1) is 0 Å². The van der Waals surface area contributed by atoms with Gasteiger partial charge in [0.15, 0.2) is 6.10 Å². The van der Waals surface area contributed by atoms with E-state index in [-0.39, 0.29) is 0 Å². The first kappa shape index (κ1) is 10.3. The van der Waals surface area contributed by atoms with Crippen LogP contribution >= 0.6 is 0 Å². The number of aliphatic hydroxyl groups is 1. The highest BCUT2D eigenvalue weighted by molar-refractivity contribution is 5.74. The maximum absolute atomic E-state index is 10.6. The quantitative estimate of drug-likeness (QED) is 0.779. The minimum atomic E-state index is -1.53. The van der Waals surface area contributed by atoms with Gasteiger partial charge in [0, 0.05) is 0 Å². The first-order valence-corrected chi connectivity index (χ1v) is 4.56. The molecule has 0 saturated heterocycles. The molecule has 2 rings (SSSR count). The molecule has 1 heterocycles. The summed E-state index contributed by atoms with van der Waals surface area (Å²) in [5.41, 5.74) is 0.894. The highest BCUT2D eigenvalue weighted by atomic mass is 16.4. The van der Waals surface area contributed by atoms with Crippen LogP contribution in [0, 0.1) is 0 Å².